The van der Waals surface area contributed by atoms with E-state index in [1.807, 2.05) is 13.0 Å². The number of rotatable bonds is 1. The first kappa shape index (κ1) is 22.7. The summed E-state index contributed by atoms with van der Waals surface area (Å²) in [6.07, 6.45) is 8.50. The lowest BCUT2D eigenvalue weighted by Crippen LogP contribution is -2.14. The van der Waals surface area contributed by atoms with Crippen molar-refractivity contribution in [1.29, 1.82) is 0 Å². The minimum absolute atomic E-state index is 0.170. The van der Waals surface area contributed by atoms with Gasteiger partial charge < -0.3 is 20.3 Å². The average Bonchev–Trinajstić information content (AvgIpc) is 3.55. The number of aromatic amines is 3. The van der Waals surface area contributed by atoms with Crippen molar-refractivity contribution in [3.05, 3.63) is 84.8 Å². The summed E-state index contributed by atoms with van der Waals surface area (Å²) in [5.41, 5.74) is 14.1. The van der Waals surface area contributed by atoms with E-state index in [9.17, 15) is 4.79 Å². The van der Waals surface area contributed by atoms with Gasteiger partial charge in [0.2, 0.25) is 0 Å². The highest BCUT2D eigenvalue weighted by atomic mass is 16.1. The number of fused-ring (bicyclic) bond motifs is 7. The number of carbonyl (C=O) groups is 1. The summed E-state index contributed by atoms with van der Waals surface area (Å²) in [4.78, 5) is 24.4. The normalized spacial score (nSPS) is 27.7. The summed E-state index contributed by atoms with van der Waals surface area (Å²) in [7, 11) is 0. The van der Waals surface area contributed by atoms with Gasteiger partial charge in [-0.2, -0.15) is 0 Å². The van der Waals surface area contributed by atoms with Crippen LogP contribution in [0, 0.1) is 45.4 Å². The molecule has 1 aliphatic carbocycles. The molecule has 36 heavy (non-hydrogen) atoms. The quantitative estimate of drug-likeness (QED) is 0.398. The Hall–Kier alpha value is -3.73. The molecule has 184 valence electrons. The van der Waals surface area contributed by atoms with Crippen LogP contribution in [-0.2, 0) is 0 Å². The minimum atomic E-state index is -0.170. The first-order chi connectivity index (χ1) is 17.1. The van der Waals surface area contributed by atoms with Crippen LogP contribution in [-0.4, -0.2) is 20.7 Å². The van der Waals surface area contributed by atoms with Crippen molar-refractivity contribution in [3.63, 3.8) is 0 Å². The minimum Gasteiger partial charge on any atom is -0.361 e. The number of hydrogen-bond donors (Lipinski definition) is 4. The van der Waals surface area contributed by atoms with Crippen molar-refractivity contribution in [2.75, 3.05) is 0 Å². The van der Waals surface area contributed by atoms with Crippen molar-refractivity contribution in [3.8, 4) is 0 Å². The second-order valence-electron chi connectivity index (χ2n) is 10.8. The van der Waals surface area contributed by atoms with Crippen LogP contribution in [0.5, 0.6) is 0 Å². The molecule has 2 aliphatic heterocycles. The van der Waals surface area contributed by atoms with Crippen LogP contribution in [0.25, 0.3) is 29.9 Å². The fourth-order valence-corrected chi connectivity index (χ4v) is 6.23. The third-order valence-corrected chi connectivity index (χ3v) is 8.98. The first-order valence-electron chi connectivity index (χ1n) is 12.9. The van der Waals surface area contributed by atoms with E-state index in [1.165, 1.54) is 22.4 Å². The van der Waals surface area contributed by atoms with E-state index in [0.29, 0.717) is 5.92 Å². The van der Waals surface area contributed by atoms with Crippen molar-refractivity contribution >= 4 is 35.7 Å². The number of aromatic nitrogens is 3. The predicted molar refractivity (Wildman–Crippen MR) is 148 cm³/mol. The van der Waals surface area contributed by atoms with Gasteiger partial charge in [0.25, 0.3) is 0 Å². The van der Waals surface area contributed by atoms with E-state index in [0.717, 1.165) is 61.4 Å². The molecule has 0 radical (unpaired) electrons. The van der Waals surface area contributed by atoms with Crippen LogP contribution in [0.15, 0.2) is 18.0 Å². The van der Waals surface area contributed by atoms with Gasteiger partial charge in [-0.3, -0.25) is 4.79 Å². The van der Waals surface area contributed by atoms with E-state index in [1.54, 1.807) is 0 Å². The lowest BCUT2D eigenvalue weighted by molar-refractivity contribution is 0.0965. The molecule has 3 aromatic rings. The number of ketones is 1. The smallest absolute Gasteiger partial charge is 0.172 e. The Balaban J connectivity index is 1.74. The second kappa shape index (κ2) is 7.63. The maximum atomic E-state index is 13.5. The molecule has 0 aromatic carbocycles. The number of H-pyrrole nitrogens is 3. The van der Waals surface area contributed by atoms with Crippen LogP contribution < -0.4 is 16.0 Å². The van der Waals surface area contributed by atoms with Crippen LogP contribution in [0.4, 0.5) is 0 Å². The summed E-state index contributed by atoms with van der Waals surface area (Å²) >= 11 is 0. The molecule has 0 saturated carbocycles. The molecule has 8 bridgehead atoms. The number of Topliss-reactive ketones (excluding diaryl/α,β-unsaturated/α-hetero) is 1. The van der Waals surface area contributed by atoms with Crippen LogP contribution in [0.3, 0.4) is 0 Å². The van der Waals surface area contributed by atoms with Gasteiger partial charge in [0.1, 0.15) is 0 Å². The Morgan fingerprint density at radius 2 is 1.42 bits per heavy atom. The van der Waals surface area contributed by atoms with E-state index >= 15 is 0 Å². The number of hydrogen-bond acceptors (Lipinski definition) is 2. The third-order valence-electron chi connectivity index (χ3n) is 8.98. The van der Waals surface area contributed by atoms with Gasteiger partial charge in [-0.15, -0.1) is 0 Å². The second-order valence-corrected chi connectivity index (χ2v) is 10.8. The summed E-state index contributed by atoms with van der Waals surface area (Å²) in [5.74, 6) is 0.607. The molecule has 0 amide bonds. The van der Waals surface area contributed by atoms with Gasteiger partial charge in [0.15, 0.2) is 5.78 Å². The highest BCUT2D eigenvalue weighted by Gasteiger charge is 2.41. The van der Waals surface area contributed by atoms with Crippen LogP contribution in [0.1, 0.15) is 81.7 Å². The SMILES string of the molecule is C=Cc1c2[nH]c(c1C)/C=C1\N/C(=C3\c4[nH]c(c(C)c4C(=O)[C@@H]3C)/C=c3\[nH]/c(c(C)c3C)=C\2)[C@@H](C)[C@@H]1C. The van der Waals surface area contributed by atoms with E-state index in [4.69, 9.17) is 0 Å². The number of carbonyl (C=O) groups excluding carboxylic acids is 1. The van der Waals surface area contributed by atoms with Crippen LogP contribution in [0.2, 0.25) is 0 Å². The molecule has 0 spiro atoms. The molecular weight excluding hydrogens is 444 g/mol. The molecule has 6 rings (SSSR count). The zero-order valence-corrected chi connectivity index (χ0v) is 22.2. The van der Waals surface area contributed by atoms with Crippen molar-refractivity contribution in [2.24, 2.45) is 17.8 Å². The third kappa shape index (κ3) is 2.92. The lowest BCUT2D eigenvalue weighted by Gasteiger charge is -2.14. The molecule has 3 atom stereocenters. The Morgan fingerprint density at radius 3 is 2.08 bits per heavy atom. The Labute approximate surface area is 211 Å². The molecule has 5 heteroatoms. The fourth-order valence-electron chi connectivity index (χ4n) is 6.23. The topological polar surface area (TPSA) is 76.5 Å². The lowest BCUT2D eigenvalue weighted by atomic mass is 9.90. The monoisotopic (exact) mass is 478 g/mol. The van der Waals surface area contributed by atoms with Gasteiger partial charge in [0, 0.05) is 73.6 Å². The fraction of sp³-hybridized carbons (Fsp3) is 0.323. The molecular formula is C31H34N4O. The summed E-state index contributed by atoms with van der Waals surface area (Å²) in [6, 6.07) is 0. The molecule has 1 saturated heterocycles. The van der Waals surface area contributed by atoms with Crippen LogP contribution >= 0.6 is 0 Å². The maximum absolute atomic E-state index is 13.5. The Bertz CT molecular complexity index is 1680. The molecule has 4 N–H and O–H groups in total. The van der Waals surface area contributed by atoms with Gasteiger partial charge in [-0.1, -0.05) is 33.4 Å². The van der Waals surface area contributed by atoms with Crippen molar-refractivity contribution in [2.45, 2.75) is 48.5 Å². The molecule has 1 fully saturated rings. The molecule has 3 aliphatic rings. The summed E-state index contributed by atoms with van der Waals surface area (Å²) in [5, 5.41) is 5.88. The zero-order valence-electron chi connectivity index (χ0n) is 22.2. The summed E-state index contributed by atoms with van der Waals surface area (Å²) < 4.78 is 0. The van der Waals surface area contributed by atoms with E-state index in [2.05, 4.69) is 86.6 Å². The highest BCUT2D eigenvalue weighted by molar-refractivity contribution is 6.15. The van der Waals surface area contributed by atoms with Gasteiger partial charge in [-0.05, 0) is 68.2 Å². The maximum Gasteiger partial charge on any atom is 0.172 e. The highest BCUT2D eigenvalue weighted by Crippen LogP contribution is 2.46. The Kier molecular flexibility index (Phi) is 4.82. The van der Waals surface area contributed by atoms with Crippen molar-refractivity contribution in [1.82, 2.24) is 20.3 Å². The molecule has 3 aromatic heterocycles. The van der Waals surface area contributed by atoms with E-state index < -0.39 is 0 Å². The standard InChI is InChI=1S/C31H34N4O/c1-9-20-17(6)24-11-23-15(4)16(5)29(34-23)27-19(8)31(36)28-18(7)25(35-30(27)28)10-21-13(2)14(3)22(32-21)12-26(20)33-24/h9-12,15-16,19,32-35H,1H2,2-8H3/b21-10-,22-12-,23-11-,29-27-/t15-,16-,19+/m0/s1. The first-order valence-corrected chi connectivity index (χ1v) is 12.9. The van der Waals surface area contributed by atoms with Gasteiger partial charge >= 0.3 is 0 Å². The predicted octanol–water partition coefficient (Wildman–Crippen LogP) is 4.98. The zero-order chi connectivity index (χ0) is 25.6. The Morgan fingerprint density at radius 1 is 0.778 bits per heavy atom. The summed E-state index contributed by atoms with van der Waals surface area (Å²) in [6.45, 7) is 19.2. The number of allylic oxidation sites excluding steroid dienone is 3. The van der Waals surface area contributed by atoms with Gasteiger partial charge in [0.05, 0.1) is 5.69 Å². The molecule has 5 heterocycles. The number of nitrogens with one attached hydrogen (secondary N) is 4. The molecule has 5 nitrogen and oxygen atoms in total. The largest absolute Gasteiger partial charge is 0.361 e. The van der Waals surface area contributed by atoms with Crippen molar-refractivity contribution < 1.29 is 4.79 Å². The average molecular weight is 479 g/mol. The molecule has 0 unspecified atom stereocenters. The van der Waals surface area contributed by atoms with E-state index in [-0.39, 0.29) is 17.6 Å². The van der Waals surface area contributed by atoms with Gasteiger partial charge in [-0.25, -0.2) is 0 Å².